The minimum Gasteiger partial charge on any atom is -0.460 e. The summed E-state index contributed by atoms with van der Waals surface area (Å²) in [6, 6.07) is 11.9. The number of nitro groups is 1. The molecule has 0 saturated heterocycles. The van der Waals surface area contributed by atoms with Crippen LogP contribution in [-0.4, -0.2) is 20.7 Å². The zero-order valence-electron chi connectivity index (χ0n) is 17.4. The molecule has 166 valence electrons. The molecule has 2 heterocycles. The number of hydrogen-bond acceptors (Lipinski definition) is 7. The molecule has 0 aliphatic carbocycles. The van der Waals surface area contributed by atoms with Gasteiger partial charge in [-0.2, -0.15) is 5.10 Å². The Labute approximate surface area is 182 Å². The van der Waals surface area contributed by atoms with Gasteiger partial charge in [0.15, 0.2) is 0 Å². The van der Waals surface area contributed by atoms with Gasteiger partial charge < -0.3 is 14.2 Å². The van der Waals surface area contributed by atoms with Crippen molar-refractivity contribution >= 4 is 11.7 Å². The van der Waals surface area contributed by atoms with E-state index in [2.05, 4.69) is 5.10 Å². The van der Waals surface area contributed by atoms with Crippen LogP contribution >= 0.6 is 0 Å². The Hall–Kier alpha value is -3.79. The summed E-state index contributed by atoms with van der Waals surface area (Å²) in [6.45, 7) is 2.60. The maximum Gasteiger partial charge on any atom is 0.328 e. The number of nitrogens with zero attached hydrogens (tertiary/aromatic N) is 3. The molecule has 0 bridgehead atoms. The average Bonchev–Trinajstić information content (AvgIpc) is 3.05. The normalized spacial score (nSPS) is 15.0. The molecule has 10 heteroatoms. The Kier molecular flexibility index (Phi) is 5.87. The van der Waals surface area contributed by atoms with Gasteiger partial charge in [0.25, 0.3) is 0 Å². The van der Waals surface area contributed by atoms with Crippen LogP contribution in [0.3, 0.4) is 0 Å². The fraction of sp³-hybridized carbons (Fsp3) is 0.273. The Bertz CT molecular complexity index is 1180. The molecule has 0 unspecified atom stereocenters. The molecular formula is C22H20FN3O6. The van der Waals surface area contributed by atoms with Gasteiger partial charge in [-0.25, -0.2) is 4.39 Å². The van der Waals surface area contributed by atoms with Crippen molar-refractivity contribution in [1.82, 2.24) is 9.78 Å². The molecule has 1 aliphatic rings. The monoisotopic (exact) mass is 441 g/mol. The van der Waals surface area contributed by atoms with Crippen molar-refractivity contribution in [3.63, 3.8) is 0 Å². The predicted octanol–water partition coefficient (Wildman–Crippen LogP) is 3.90. The number of aromatic nitrogens is 2. The van der Waals surface area contributed by atoms with Crippen LogP contribution in [0, 0.1) is 29.8 Å². The zero-order valence-corrected chi connectivity index (χ0v) is 17.4. The first-order valence-corrected chi connectivity index (χ1v) is 9.82. The van der Waals surface area contributed by atoms with Crippen molar-refractivity contribution in [2.75, 3.05) is 0 Å². The lowest BCUT2D eigenvalue weighted by atomic mass is 10.1. The van der Waals surface area contributed by atoms with E-state index in [-0.39, 0.29) is 36.8 Å². The first-order valence-electron chi connectivity index (χ1n) is 9.82. The smallest absolute Gasteiger partial charge is 0.328 e. The minimum atomic E-state index is -0.671. The largest absolute Gasteiger partial charge is 0.460 e. The molecule has 0 saturated carbocycles. The maximum atomic E-state index is 14.1. The fourth-order valence-corrected chi connectivity index (χ4v) is 3.59. The van der Waals surface area contributed by atoms with Crippen molar-refractivity contribution in [3.8, 4) is 5.75 Å². The Morgan fingerprint density at radius 1 is 1.31 bits per heavy atom. The third kappa shape index (κ3) is 4.30. The van der Waals surface area contributed by atoms with E-state index in [0.717, 1.165) is 5.56 Å². The molecule has 0 spiro atoms. The quantitative estimate of drug-likeness (QED) is 0.324. The third-order valence-corrected chi connectivity index (χ3v) is 5.09. The van der Waals surface area contributed by atoms with Crippen molar-refractivity contribution < 1.29 is 28.3 Å². The first-order chi connectivity index (χ1) is 15.3. The summed E-state index contributed by atoms with van der Waals surface area (Å²) in [4.78, 5) is 22.9. The van der Waals surface area contributed by atoms with Crippen LogP contribution in [0.15, 0.2) is 42.5 Å². The lowest BCUT2D eigenvalue weighted by Gasteiger charge is -2.28. The molecule has 32 heavy (non-hydrogen) atoms. The number of fused-ring (bicyclic) bond motifs is 1. The Balaban J connectivity index is 1.48. The van der Waals surface area contributed by atoms with Gasteiger partial charge in [0.05, 0.1) is 11.5 Å². The predicted molar refractivity (Wildman–Crippen MR) is 109 cm³/mol. The molecule has 9 nitrogen and oxygen atoms in total. The van der Waals surface area contributed by atoms with Gasteiger partial charge in [0.2, 0.25) is 6.29 Å². The van der Waals surface area contributed by atoms with Gasteiger partial charge in [0.1, 0.15) is 36.1 Å². The van der Waals surface area contributed by atoms with E-state index in [9.17, 15) is 19.3 Å². The highest BCUT2D eigenvalue weighted by molar-refractivity contribution is 5.69. The molecule has 1 aromatic heterocycles. The summed E-state index contributed by atoms with van der Waals surface area (Å²) in [7, 11) is 0. The molecule has 4 rings (SSSR count). The number of benzene rings is 2. The Morgan fingerprint density at radius 2 is 2.06 bits per heavy atom. The van der Waals surface area contributed by atoms with Crippen molar-refractivity contribution in [3.05, 3.63) is 86.5 Å². The number of aryl methyl sites for hydroxylation is 1. The number of rotatable bonds is 6. The molecule has 0 N–H and O–H groups in total. The molecule has 2 aromatic carbocycles. The van der Waals surface area contributed by atoms with Crippen LogP contribution in [0.2, 0.25) is 0 Å². The summed E-state index contributed by atoms with van der Waals surface area (Å²) < 4.78 is 32.2. The van der Waals surface area contributed by atoms with Gasteiger partial charge in [-0.3, -0.25) is 19.6 Å². The maximum absolute atomic E-state index is 14.1. The topological polar surface area (TPSA) is 106 Å². The summed E-state index contributed by atoms with van der Waals surface area (Å²) >= 11 is 0. The first kappa shape index (κ1) is 21.4. The van der Waals surface area contributed by atoms with Gasteiger partial charge >= 0.3 is 11.7 Å². The van der Waals surface area contributed by atoms with Crippen LogP contribution in [0.1, 0.15) is 34.4 Å². The molecular weight excluding hydrogens is 421 g/mol. The van der Waals surface area contributed by atoms with E-state index in [0.29, 0.717) is 16.9 Å². The molecule has 3 aromatic rings. The molecule has 1 aliphatic heterocycles. The van der Waals surface area contributed by atoms with E-state index in [1.165, 1.54) is 30.7 Å². The van der Waals surface area contributed by atoms with E-state index in [1.807, 2.05) is 30.3 Å². The second kappa shape index (κ2) is 8.75. The minimum absolute atomic E-state index is 0.141. The van der Waals surface area contributed by atoms with E-state index in [4.69, 9.17) is 14.2 Å². The summed E-state index contributed by atoms with van der Waals surface area (Å²) in [5, 5.41) is 15.2. The molecule has 0 amide bonds. The van der Waals surface area contributed by atoms with Crippen molar-refractivity contribution in [2.24, 2.45) is 0 Å². The van der Waals surface area contributed by atoms with Gasteiger partial charge in [0, 0.05) is 16.7 Å². The van der Waals surface area contributed by atoms with E-state index in [1.54, 1.807) is 0 Å². The molecule has 1 atom stereocenters. The highest BCUT2D eigenvalue weighted by atomic mass is 19.1. The number of hydrogen-bond donors (Lipinski definition) is 0. The third-order valence-electron chi connectivity index (χ3n) is 5.09. The van der Waals surface area contributed by atoms with Gasteiger partial charge in [-0.05, 0) is 26.0 Å². The number of carbonyl (C=O) groups is 1. The van der Waals surface area contributed by atoms with Crippen LogP contribution in [-0.2, 0) is 34.0 Å². The average molecular weight is 441 g/mol. The highest BCUT2D eigenvalue weighted by Crippen LogP contribution is 2.36. The number of halogens is 1. The summed E-state index contributed by atoms with van der Waals surface area (Å²) in [6.07, 6.45) is -0.668. The van der Waals surface area contributed by atoms with Crippen molar-refractivity contribution in [1.29, 1.82) is 0 Å². The van der Waals surface area contributed by atoms with Crippen LogP contribution < -0.4 is 4.74 Å². The van der Waals surface area contributed by atoms with Crippen LogP contribution in [0.5, 0.6) is 5.75 Å². The number of ether oxygens (including phenoxy) is 3. The lowest BCUT2D eigenvalue weighted by molar-refractivity contribution is -0.386. The SMILES string of the molecule is Cc1nn(CC(=O)OCc2cc(F)cc3c2O[C@H](c2ccccc2)OC3)c(C)c1[N+](=O)[O-]. The molecule has 0 radical (unpaired) electrons. The van der Waals surface area contributed by atoms with Crippen LogP contribution in [0.25, 0.3) is 0 Å². The fourth-order valence-electron chi connectivity index (χ4n) is 3.59. The summed E-state index contributed by atoms with van der Waals surface area (Å²) in [5.41, 5.74) is 1.99. The van der Waals surface area contributed by atoms with E-state index >= 15 is 0 Å². The molecule has 0 fully saturated rings. The standard InChI is InChI=1S/C22H20FN3O6/c1-13-20(26(28)29)14(2)25(24-13)10-19(27)30-11-16-8-18(23)9-17-12-31-22(32-21(16)17)15-6-4-3-5-7-15/h3-9,22H,10-12H2,1-2H3/t22-/m1/s1. The summed E-state index contributed by atoms with van der Waals surface area (Å²) in [5.74, 6) is -0.773. The van der Waals surface area contributed by atoms with Gasteiger partial charge in [-0.15, -0.1) is 0 Å². The Morgan fingerprint density at radius 3 is 2.75 bits per heavy atom. The van der Waals surface area contributed by atoms with E-state index < -0.39 is 23.0 Å². The van der Waals surface area contributed by atoms with Crippen molar-refractivity contribution in [2.45, 2.75) is 39.9 Å². The lowest BCUT2D eigenvalue weighted by Crippen LogP contribution is -2.20. The number of esters is 1. The van der Waals surface area contributed by atoms with Gasteiger partial charge in [-0.1, -0.05) is 30.3 Å². The number of carbonyl (C=O) groups excluding carboxylic acids is 1. The highest BCUT2D eigenvalue weighted by Gasteiger charge is 2.26. The second-order valence-corrected chi connectivity index (χ2v) is 7.32. The zero-order chi connectivity index (χ0) is 22.8. The van der Waals surface area contributed by atoms with Crippen LogP contribution in [0.4, 0.5) is 10.1 Å². The second-order valence-electron chi connectivity index (χ2n) is 7.32.